The summed E-state index contributed by atoms with van der Waals surface area (Å²) in [6.07, 6.45) is 1.56. The average molecular weight is 554 g/mol. The molecule has 0 spiro atoms. The smallest absolute Gasteiger partial charge is 0.293 e. The van der Waals surface area contributed by atoms with E-state index in [2.05, 4.69) is 5.32 Å². The molecule has 3 aromatic rings. The van der Waals surface area contributed by atoms with Gasteiger partial charge >= 0.3 is 0 Å². The summed E-state index contributed by atoms with van der Waals surface area (Å²) < 4.78 is 11.0. The van der Waals surface area contributed by atoms with E-state index in [4.69, 9.17) is 21.1 Å². The van der Waals surface area contributed by atoms with Gasteiger partial charge in [0.1, 0.15) is 0 Å². The van der Waals surface area contributed by atoms with Crippen LogP contribution in [0.1, 0.15) is 11.1 Å². The van der Waals surface area contributed by atoms with Gasteiger partial charge in [0.15, 0.2) is 18.1 Å². The maximum absolute atomic E-state index is 12.9. The van der Waals surface area contributed by atoms with Gasteiger partial charge in [0.05, 0.1) is 23.5 Å². The molecule has 0 saturated carbocycles. The van der Waals surface area contributed by atoms with Crippen LogP contribution in [0.3, 0.4) is 0 Å². The lowest BCUT2D eigenvalue weighted by molar-refractivity contribution is -0.384. The second-order valence-corrected chi connectivity index (χ2v) is 9.38. The quantitative estimate of drug-likeness (QED) is 0.209. The van der Waals surface area contributed by atoms with E-state index < -0.39 is 16.1 Å². The van der Waals surface area contributed by atoms with Crippen LogP contribution in [0.15, 0.2) is 71.6 Å². The van der Waals surface area contributed by atoms with Crippen LogP contribution >= 0.6 is 23.4 Å². The minimum absolute atomic E-state index is 0.00577. The minimum atomic E-state index is -0.520. The van der Waals surface area contributed by atoms with E-state index in [9.17, 15) is 24.5 Å². The van der Waals surface area contributed by atoms with Crippen LogP contribution in [0.25, 0.3) is 6.08 Å². The Hall–Kier alpha value is -4.35. The first kappa shape index (κ1) is 26.7. The molecule has 1 aliphatic heterocycles. The molecule has 4 rings (SSSR count). The highest BCUT2D eigenvalue weighted by molar-refractivity contribution is 8.18. The van der Waals surface area contributed by atoms with Gasteiger partial charge in [0, 0.05) is 22.8 Å². The molecule has 0 radical (unpaired) electrons. The zero-order valence-electron chi connectivity index (χ0n) is 19.9. The topological polar surface area (TPSA) is 128 Å². The maximum atomic E-state index is 12.9. The largest absolute Gasteiger partial charge is 0.493 e. The van der Waals surface area contributed by atoms with Gasteiger partial charge < -0.3 is 14.8 Å². The molecule has 0 atom stereocenters. The van der Waals surface area contributed by atoms with Gasteiger partial charge in [0.2, 0.25) is 0 Å². The van der Waals surface area contributed by atoms with Crippen molar-refractivity contribution in [2.24, 2.45) is 0 Å². The molecule has 1 saturated heterocycles. The number of methoxy groups -OCH3 is 1. The Labute approximate surface area is 226 Å². The molecule has 38 heavy (non-hydrogen) atoms. The van der Waals surface area contributed by atoms with Crippen LogP contribution in [-0.2, 0) is 16.1 Å². The summed E-state index contributed by atoms with van der Waals surface area (Å²) in [4.78, 5) is 49.1. The van der Waals surface area contributed by atoms with Gasteiger partial charge in [-0.05, 0) is 65.4 Å². The summed E-state index contributed by atoms with van der Waals surface area (Å²) in [6.45, 7) is -0.270. The molecular formula is C26H20ClN3O7S. The number of carbonyl (C=O) groups is 3. The number of thioether (sulfide) groups is 1. The van der Waals surface area contributed by atoms with Crippen molar-refractivity contribution in [3.63, 3.8) is 0 Å². The van der Waals surface area contributed by atoms with Crippen molar-refractivity contribution in [2.75, 3.05) is 19.0 Å². The van der Waals surface area contributed by atoms with E-state index in [0.717, 1.165) is 16.7 Å². The van der Waals surface area contributed by atoms with Crippen LogP contribution in [0.4, 0.5) is 16.2 Å². The first-order valence-electron chi connectivity index (χ1n) is 11.1. The van der Waals surface area contributed by atoms with Crippen molar-refractivity contribution in [1.29, 1.82) is 0 Å². The highest BCUT2D eigenvalue weighted by Gasteiger charge is 2.35. The third-order valence-electron chi connectivity index (χ3n) is 5.33. The van der Waals surface area contributed by atoms with Crippen molar-refractivity contribution < 1.29 is 28.8 Å². The highest BCUT2D eigenvalue weighted by atomic mass is 35.5. The second kappa shape index (κ2) is 11.8. The van der Waals surface area contributed by atoms with Gasteiger partial charge in [-0.3, -0.25) is 29.4 Å². The third kappa shape index (κ3) is 6.50. The lowest BCUT2D eigenvalue weighted by atomic mass is 10.1. The molecule has 0 aromatic heterocycles. The fourth-order valence-electron chi connectivity index (χ4n) is 3.46. The molecule has 3 aromatic carbocycles. The number of amides is 3. The van der Waals surface area contributed by atoms with Crippen molar-refractivity contribution >= 4 is 57.9 Å². The summed E-state index contributed by atoms with van der Waals surface area (Å²) in [7, 11) is 1.44. The fourth-order valence-corrected chi connectivity index (χ4v) is 4.42. The Morgan fingerprint density at radius 2 is 1.79 bits per heavy atom. The van der Waals surface area contributed by atoms with Gasteiger partial charge in [-0.15, -0.1) is 0 Å². The van der Waals surface area contributed by atoms with Crippen LogP contribution in [0.2, 0.25) is 5.02 Å². The summed E-state index contributed by atoms with van der Waals surface area (Å²) in [6, 6.07) is 17.2. The number of non-ortho nitro benzene ring substituents is 1. The van der Waals surface area contributed by atoms with Crippen LogP contribution < -0.4 is 14.8 Å². The van der Waals surface area contributed by atoms with E-state index in [0.29, 0.717) is 33.3 Å². The van der Waals surface area contributed by atoms with E-state index >= 15 is 0 Å². The predicted molar refractivity (Wildman–Crippen MR) is 143 cm³/mol. The SMILES string of the molecule is COc1cc(/C=C2\SC(=O)N(Cc3ccc([N+](=O)[O-])cc3)C2=O)ccc1OCC(=O)Nc1ccc(Cl)cc1. The molecule has 12 heteroatoms. The molecule has 0 aliphatic carbocycles. The molecule has 194 valence electrons. The molecule has 1 heterocycles. The third-order valence-corrected chi connectivity index (χ3v) is 6.49. The molecule has 10 nitrogen and oxygen atoms in total. The molecule has 1 N–H and O–H groups in total. The number of nitro groups is 1. The van der Waals surface area contributed by atoms with Crippen molar-refractivity contribution in [3.8, 4) is 11.5 Å². The zero-order chi connectivity index (χ0) is 27.2. The summed E-state index contributed by atoms with van der Waals surface area (Å²) in [5.74, 6) is -0.193. The number of rotatable bonds is 9. The van der Waals surface area contributed by atoms with Crippen molar-refractivity contribution in [2.45, 2.75) is 6.54 Å². The first-order chi connectivity index (χ1) is 18.2. The number of nitro benzene ring substituents is 1. The fraction of sp³-hybridized carbons (Fsp3) is 0.115. The number of nitrogens with zero attached hydrogens (tertiary/aromatic N) is 2. The second-order valence-electron chi connectivity index (χ2n) is 7.95. The van der Waals surface area contributed by atoms with Crippen LogP contribution in [0.5, 0.6) is 11.5 Å². The Kier molecular flexibility index (Phi) is 8.29. The van der Waals surface area contributed by atoms with E-state index in [1.54, 1.807) is 48.5 Å². The van der Waals surface area contributed by atoms with E-state index in [1.165, 1.54) is 31.4 Å². The van der Waals surface area contributed by atoms with Crippen molar-refractivity contribution in [1.82, 2.24) is 4.90 Å². The number of hydrogen-bond acceptors (Lipinski definition) is 8. The Morgan fingerprint density at radius 1 is 1.08 bits per heavy atom. The Bertz CT molecular complexity index is 1430. The number of hydrogen-bond donors (Lipinski definition) is 1. The number of imide groups is 1. The van der Waals surface area contributed by atoms with E-state index in [-0.39, 0.29) is 29.7 Å². The lowest BCUT2D eigenvalue weighted by Crippen LogP contribution is -2.27. The maximum Gasteiger partial charge on any atom is 0.293 e. The number of halogens is 1. The number of carbonyl (C=O) groups excluding carboxylic acids is 3. The summed E-state index contributed by atoms with van der Waals surface area (Å²) in [5, 5.41) is 13.6. The lowest BCUT2D eigenvalue weighted by Gasteiger charge is -2.12. The standard InChI is InChI=1S/C26H20ClN3O7S/c1-36-22-12-17(4-11-21(22)37-15-24(31)28-19-7-5-18(27)6-8-19)13-23-25(32)29(26(33)38-23)14-16-2-9-20(10-3-16)30(34)35/h2-13H,14-15H2,1H3,(H,28,31)/b23-13-. The number of nitrogens with one attached hydrogen (secondary N) is 1. The molecule has 1 aliphatic rings. The minimum Gasteiger partial charge on any atom is -0.493 e. The van der Waals surface area contributed by atoms with Gasteiger partial charge in [-0.1, -0.05) is 29.8 Å². The van der Waals surface area contributed by atoms with Crippen LogP contribution in [-0.4, -0.2) is 40.6 Å². The Balaban J connectivity index is 1.40. The monoisotopic (exact) mass is 553 g/mol. The predicted octanol–water partition coefficient (Wildman–Crippen LogP) is 5.51. The number of benzene rings is 3. The number of ether oxygens (including phenoxy) is 2. The molecule has 0 unspecified atom stereocenters. The average Bonchev–Trinajstić information content (AvgIpc) is 3.16. The molecular weight excluding hydrogens is 534 g/mol. The normalized spacial score (nSPS) is 14.1. The van der Waals surface area contributed by atoms with Gasteiger partial charge in [-0.25, -0.2) is 0 Å². The Morgan fingerprint density at radius 3 is 2.45 bits per heavy atom. The molecule has 0 bridgehead atoms. The zero-order valence-corrected chi connectivity index (χ0v) is 21.5. The van der Waals surface area contributed by atoms with Gasteiger partial charge in [-0.2, -0.15) is 0 Å². The number of anilines is 1. The molecule has 3 amide bonds. The van der Waals surface area contributed by atoms with Crippen molar-refractivity contribution in [3.05, 3.63) is 97.9 Å². The summed E-state index contributed by atoms with van der Waals surface area (Å²) in [5.41, 5.74) is 1.67. The van der Waals surface area contributed by atoms with E-state index in [1.807, 2.05) is 0 Å². The van der Waals surface area contributed by atoms with Gasteiger partial charge in [0.25, 0.3) is 22.7 Å². The highest BCUT2D eigenvalue weighted by Crippen LogP contribution is 2.35. The summed E-state index contributed by atoms with van der Waals surface area (Å²) >= 11 is 6.64. The van der Waals surface area contributed by atoms with Crippen LogP contribution in [0, 0.1) is 10.1 Å². The first-order valence-corrected chi connectivity index (χ1v) is 12.3. The molecule has 1 fully saturated rings.